The van der Waals surface area contributed by atoms with E-state index in [0.29, 0.717) is 0 Å². The third-order valence-electron chi connectivity index (χ3n) is 2.48. The second kappa shape index (κ2) is 2.56. The first-order chi connectivity index (χ1) is 5.70. The Balaban J connectivity index is 2.17. The van der Waals surface area contributed by atoms with Crippen LogP contribution in [0.4, 0.5) is 0 Å². The van der Waals surface area contributed by atoms with Gasteiger partial charge in [-0.15, -0.1) is 0 Å². The van der Waals surface area contributed by atoms with Gasteiger partial charge >= 0.3 is 0 Å². The highest BCUT2D eigenvalue weighted by atomic mass is 16.3. The van der Waals surface area contributed by atoms with Gasteiger partial charge in [0.05, 0.1) is 5.60 Å². The molecular weight excluding hydrogens is 150 g/mol. The summed E-state index contributed by atoms with van der Waals surface area (Å²) in [5.74, 6) is 0. The number of aromatic nitrogens is 1. The summed E-state index contributed by atoms with van der Waals surface area (Å²) >= 11 is 0. The molecule has 2 rings (SSSR count). The number of aliphatic hydroxyl groups is 1. The molecule has 2 heteroatoms. The normalized spacial score (nSPS) is 19.2. The van der Waals surface area contributed by atoms with Crippen LogP contribution in [0.25, 0.3) is 0 Å². The van der Waals surface area contributed by atoms with Gasteiger partial charge in [0, 0.05) is 18.8 Å². The molecule has 1 aliphatic rings. The predicted molar refractivity (Wildman–Crippen MR) is 46.9 cm³/mol. The zero-order valence-electron chi connectivity index (χ0n) is 7.25. The van der Waals surface area contributed by atoms with Gasteiger partial charge in [-0.3, -0.25) is 4.98 Å². The molecule has 1 fully saturated rings. The van der Waals surface area contributed by atoms with Crippen LogP contribution < -0.4 is 0 Å². The van der Waals surface area contributed by atoms with Gasteiger partial charge in [0.2, 0.25) is 0 Å². The number of hydrogen-bond acceptors (Lipinski definition) is 2. The quantitative estimate of drug-likeness (QED) is 0.716. The number of rotatable bonds is 2. The van der Waals surface area contributed by atoms with Crippen molar-refractivity contribution < 1.29 is 5.11 Å². The van der Waals surface area contributed by atoms with Crippen LogP contribution >= 0.6 is 0 Å². The minimum absolute atomic E-state index is 0.383. The van der Waals surface area contributed by atoms with Crippen LogP contribution in [-0.2, 0) is 6.42 Å². The molecule has 1 heterocycles. The Morgan fingerprint density at radius 2 is 2.33 bits per heavy atom. The van der Waals surface area contributed by atoms with Gasteiger partial charge in [0.15, 0.2) is 0 Å². The minimum Gasteiger partial charge on any atom is -0.390 e. The summed E-state index contributed by atoms with van der Waals surface area (Å²) in [5, 5.41) is 9.69. The maximum absolute atomic E-state index is 9.69. The maximum atomic E-state index is 9.69. The Labute approximate surface area is 72.3 Å². The topological polar surface area (TPSA) is 33.1 Å². The lowest BCUT2D eigenvalue weighted by Crippen LogP contribution is -2.11. The molecule has 0 aromatic carbocycles. The average molecular weight is 163 g/mol. The van der Waals surface area contributed by atoms with Crippen molar-refractivity contribution in [1.82, 2.24) is 4.98 Å². The van der Waals surface area contributed by atoms with E-state index >= 15 is 0 Å². The highest BCUT2D eigenvalue weighted by Crippen LogP contribution is 2.38. The molecule has 0 bridgehead atoms. The summed E-state index contributed by atoms with van der Waals surface area (Å²) in [6.07, 6.45) is 6.33. The first-order valence-corrected chi connectivity index (χ1v) is 4.31. The van der Waals surface area contributed by atoms with Gasteiger partial charge in [-0.25, -0.2) is 0 Å². The Morgan fingerprint density at radius 3 is 2.92 bits per heavy atom. The van der Waals surface area contributed by atoms with Crippen molar-refractivity contribution in [2.24, 2.45) is 0 Å². The van der Waals surface area contributed by atoms with Crippen LogP contribution in [0.5, 0.6) is 0 Å². The van der Waals surface area contributed by atoms with Gasteiger partial charge in [-0.2, -0.15) is 0 Å². The Kier molecular flexibility index (Phi) is 1.65. The first-order valence-electron chi connectivity index (χ1n) is 4.31. The first kappa shape index (κ1) is 7.74. The molecule has 0 radical (unpaired) electrons. The molecule has 64 valence electrons. The van der Waals surface area contributed by atoms with E-state index in [2.05, 4.69) is 4.98 Å². The molecular formula is C10H13NO. The number of nitrogens with zero attached hydrogens (tertiary/aromatic N) is 1. The van der Waals surface area contributed by atoms with E-state index in [0.717, 1.165) is 19.3 Å². The van der Waals surface area contributed by atoms with E-state index in [1.54, 1.807) is 6.20 Å². The minimum atomic E-state index is -0.383. The number of pyridine rings is 1. The summed E-state index contributed by atoms with van der Waals surface area (Å²) < 4.78 is 0. The molecule has 0 spiro atoms. The van der Waals surface area contributed by atoms with Crippen LogP contribution in [0.15, 0.2) is 18.5 Å². The van der Waals surface area contributed by atoms with Gasteiger partial charge in [-0.05, 0) is 37.0 Å². The molecule has 0 unspecified atom stereocenters. The van der Waals surface area contributed by atoms with Gasteiger partial charge in [-0.1, -0.05) is 0 Å². The van der Waals surface area contributed by atoms with Crippen molar-refractivity contribution in [3.8, 4) is 0 Å². The Bertz CT molecular complexity index is 292. The second-order valence-corrected chi connectivity index (χ2v) is 3.70. The third-order valence-corrected chi connectivity index (χ3v) is 2.48. The van der Waals surface area contributed by atoms with E-state index in [4.69, 9.17) is 0 Å². The van der Waals surface area contributed by atoms with Gasteiger partial charge < -0.3 is 5.11 Å². The van der Waals surface area contributed by atoms with Crippen LogP contribution in [-0.4, -0.2) is 15.7 Å². The highest BCUT2D eigenvalue weighted by molar-refractivity contribution is 5.24. The van der Waals surface area contributed by atoms with E-state index in [1.807, 2.05) is 19.2 Å². The molecule has 0 amide bonds. The predicted octanol–water partition coefficient (Wildman–Crippen LogP) is 1.46. The number of hydrogen-bond donors (Lipinski definition) is 1. The smallest absolute Gasteiger partial charge is 0.0690 e. The zero-order valence-corrected chi connectivity index (χ0v) is 7.25. The van der Waals surface area contributed by atoms with Gasteiger partial charge in [0.1, 0.15) is 0 Å². The lowest BCUT2D eigenvalue weighted by molar-refractivity contribution is 0.150. The zero-order chi connectivity index (χ0) is 8.60. The molecule has 12 heavy (non-hydrogen) atoms. The molecule has 1 aromatic heterocycles. The second-order valence-electron chi connectivity index (χ2n) is 3.70. The molecule has 1 aromatic rings. The van der Waals surface area contributed by atoms with Crippen molar-refractivity contribution in [2.45, 2.75) is 31.8 Å². The summed E-state index contributed by atoms with van der Waals surface area (Å²) in [4.78, 5) is 4.01. The van der Waals surface area contributed by atoms with Crippen LogP contribution in [0.1, 0.15) is 24.0 Å². The molecule has 1 saturated carbocycles. The van der Waals surface area contributed by atoms with E-state index < -0.39 is 0 Å². The van der Waals surface area contributed by atoms with E-state index in [-0.39, 0.29) is 5.60 Å². The largest absolute Gasteiger partial charge is 0.390 e. The van der Waals surface area contributed by atoms with Crippen molar-refractivity contribution in [3.63, 3.8) is 0 Å². The summed E-state index contributed by atoms with van der Waals surface area (Å²) in [7, 11) is 0. The SMILES string of the molecule is Cc1cnccc1CC1(O)CC1. The van der Waals surface area contributed by atoms with Crippen LogP contribution in [0.2, 0.25) is 0 Å². The third kappa shape index (κ3) is 1.48. The Hall–Kier alpha value is -0.890. The van der Waals surface area contributed by atoms with Gasteiger partial charge in [0.25, 0.3) is 0 Å². The highest BCUT2D eigenvalue weighted by Gasteiger charge is 2.40. The fourth-order valence-electron chi connectivity index (χ4n) is 1.38. The van der Waals surface area contributed by atoms with Crippen molar-refractivity contribution in [3.05, 3.63) is 29.6 Å². The van der Waals surface area contributed by atoms with E-state index in [9.17, 15) is 5.11 Å². The van der Waals surface area contributed by atoms with Crippen molar-refractivity contribution in [2.75, 3.05) is 0 Å². The standard InChI is InChI=1S/C10H13NO/c1-8-7-11-5-2-9(8)6-10(12)3-4-10/h2,5,7,12H,3-4,6H2,1H3. The fraction of sp³-hybridized carbons (Fsp3) is 0.500. The molecule has 2 nitrogen and oxygen atoms in total. The molecule has 0 aliphatic heterocycles. The molecule has 0 saturated heterocycles. The average Bonchev–Trinajstić information content (AvgIpc) is 2.74. The number of aryl methyl sites for hydroxylation is 1. The van der Waals surface area contributed by atoms with Crippen molar-refractivity contribution in [1.29, 1.82) is 0 Å². The van der Waals surface area contributed by atoms with Crippen LogP contribution in [0.3, 0.4) is 0 Å². The maximum Gasteiger partial charge on any atom is 0.0690 e. The Morgan fingerprint density at radius 1 is 1.58 bits per heavy atom. The molecule has 1 N–H and O–H groups in total. The molecule has 0 atom stereocenters. The monoisotopic (exact) mass is 163 g/mol. The molecule has 1 aliphatic carbocycles. The summed E-state index contributed by atoms with van der Waals surface area (Å²) in [6, 6.07) is 1.99. The summed E-state index contributed by atoms with van der Waals surface area (Å²) in [5.41, 5.74) is 2.02. The lowest BCUT2D eigenvalue weighted by Gasteiger charge is -2.08. The fourth-order valence-corrected chi connectivity index (χ4v) is 1.38. The summed E-state index contributed by atoms with van der Waals surface area (Å²) in [6.45, 7) is 2.04. The van der Waals surface area contributed by atoms with Crippen molar-refractivity contribution >= 4 is 0 Å². The van der Waals surface area contributed by atoms with E-state index in [1.165, 1.54) is 11.1 Å². The van der Waals surface area contributed by atoms with Crippen LogP contribution in [0, 0.1) is 6.92 Å². The lowest BCUT2D eigenvalue weighted by atomic mass is 10.0.